The Morgan fingerprint density at radius 3 is 2.18 bits per heavy atom. The normalized spacial score (nSPS) is 14.7. The smallest absolute Gasteiger partial charge is 0.367 e. The lowest BCUT2D eigenvalue weighted by atomic mass is 10.1. The van der Waals surface area contributed by atoms with Crippen molar-refractivity contribution >= 4 is 22.9 Å². The van der Waals surface area contributed by atoms with E-state index in [-0.39, 0.29) is 12.5 Å². The highest BCUT2D eigenvalue weighted by molar-refractivity contribution is 5.95. The summed E-state index contributed by atoms with van der Waals surface area (Å²) in [6.45, 7) is 13.5. The van der Waals surface area contributed by atoms with Crippen molar-refractivity contribution in [1.29, 1.82) is 0 Å². The molecule has 0 unspecified atom stereocenters. The van der Waals surface area contributed by atoms with E-state index < -0.39 is 11.7 Å². The molecule has 3 heterocycles. The number of halogens is 3. The fourth-order valence-electron chi connectivity index (χ4n) is 5.68. The number of amides is 1. The van der Waals surface area contributed by atoms with Gasteiger partial charge >= 0.3 is 6.18 Å². The summed E-state index contributed by atoms with van der Waals surface area (Å²) in [5.41, 5.74) is 2.48. The van der Waals surface area contributed by atoms with Crippen LogP contribution in [-0.2, 0) is 12.7 Å². The molecule has 0 saturated carbocycles. The molecule has 9 nitrogen and oxygen atoms in total. The molecular weight excluding hydrogens is 581 g/mol. The molecule has 0 spiro atoms. The number of anilines is 1. The molecule has 1 aliphatic rings. The number of nitrogens with one attached hydrogen (secondary N) is 1. The summed E-state index contributed by atoms with van der Waals surface area (Å²) in [7, 11) is 2.05. The van der Waals surface area contributed by atoms with Crippen LogP contribution in [0.15, 0.2) is 54.9 Å². The number of likely N-dealkylation sites (N-methyl/N-ethyl adjacent to an activating group) is 1. The van der Waals surface area contributed by atoms with Crippen LogP contribution in [0, 0.1) is 0 Å². The summed E-state index contributed by atoms with van der Waals surface area (Å²) in [6.07, 6.45) is -2.76. The lowest BCUT2D eigenvalue weighted by molar-refractivity contribution is -0.137. The molecule has 12 heteroatoms. The number of fused-ring (bicyclic) bond motifs is 1. The van der Waals surface area contributed by atoms with Crippen LogP contribution in [0.1, 0.15) is 49.2 Å². The molecule has 1 aliphatic heterocycles. The van der Waals surface area contributed by atoms with E-state index in [0.717, 1.165) is 37.3 Å². The van der Waals surface area contributed by atoms with Gasteiger partial charge in [0.05, 0.1) is 18.4 Å². The Kier molecular flexibility index (Phi) is 9.73. The number of carbonyl (C=O) groups is 1. The Bertz CT molecular complexity index is 1580. The van der Waals surface area contributed by atoms with Gasteiger partial charge in [0.1, 0.15) is 5.52 Å². The summed E-state index contributed by atoms with van der Waals surface area (Å²) in [5.74, 6) is 1.04. The SMILES string of the molecule is CC(C)N(CCNc1nc(-c2ccc(C(=O)N3CCN(C)CC3)cc2)nc2c1ncn2Cc1ccc(C(F)(F)F)cc1)C(C)C. The molecule has 4 aromatic rings. The van der Waals surface area contributed by atoms with Crippen LogP contribution in [0.4, 0.5) is 19.0 Å². The number of benzene rings is 2. The lowest BCUT2D eigenvalue weighted by Crippen LogP contribution is -2.47. The standard InChI is InChI=1S/C33H41F3N8O/c1-22(2)44(23(3)4)15-14-37-30-28-31(43(21-38-28)20-24-6-12-27(13-7-24)33(34,35)36)40-29(39-30)25-8-10-26(11-9-25)32(45)42-18-16-41(5)17-19-42/h6-13,21-23H,14-20H2,1-5H3,(H,37,39,40). The molecule has 0 bridgehead atoms. The molecule has 0 radical (unpaired) electrons. The number of hydrogen-bond acceptors (Lipinski definition) is 7. The van der Waals surface area contributed by atoms with Crippen LogP contribution in [0.25, 0.3) is 22.6 Å². The van der Waals surface area contributed by atoms with E-state index in [4.69, 9.17) is 9.97 Å². The topological polar surface area (TPSA) is 82.4 Å². The minimum absolute atomic E-state index is 0.00264. The van der Waals surface area contributed by atoms with Crippen molar-refractivity contribution in [3.63, 3.8) is 0 Å². The van der Waals surface area contributed by atoms with E-state index >= 15 is 0 Å². The number of nitrogens with zero attached hydrogens (tertiary/aromatic N) is 7. The van der Waals surface area contributed by atoms with Crippen LogP contribution in [0.3, 0.4) is 0 Å². The highest BCUT2D eigenvalue weighted by Crippen LogP contribution is 2.30. The van der Waals surface area contributed by atoms with Gasteiger partial charge in [-0.15, -0.1) is 0 Å². The zero-order valence-electron chi connectivity index (χ0n) is 26.5. The highest BCUT2D eigenvalue weighted by atomic mass is 19.4. The van der Waals surface area contributed by atoms with Gasteiger partial charge in [-0.1, -0.05) is 24.3 Å². The van der Waals surface area contributed by atoms with Crippen LogP contribution < -0.4 is 5.32 Å². The van der Waals surface area contributed by atoms with Gasteiger partial charge in [-0.3, -0.25) is 9.69 Å². The Labute approximate surface area is 262 Å². The van der Waals surface area contributed by atoms with Crippen LogP contribution in [0.5, 0.6) is 0 Å². The van der Waals surface area contributed by atoms with Crippen LogP contribution in [0.2, 0.25) is 0 Å². The molecule has 45 heavy (non-hydrogen) atoms. The van der Waals surface area contributed by atoms with Crippen molar-refractivity contribution in [2.75, 3.05) is 51.6 Å². The second-order valence-corrected chi connectivity index (χ2v) is 12.2. The molecular formula is C33H41F3N8O. The van der Waals surface area contributed by atoms with Gasteiger partial charge in [0.2, 0.25) is 0 Å². The Hall–Kier alpha value is -4.03. The first kappa shape index (κ1) is 32.4. The average Bonchev–Trinajstić information content (AvgIpc) is 3.41. The van der Waals surface area contributed by atoms with E-state index in [1.54, 1.807) is 18.5 Å². The van der Waals surface area contributed by atoms with E-state index in [2.05, 4.69) is 54.8 Å². The quantitative estimate of drug-likeness (QED) is 0.251. The summed E-state index contributed by atoms with van der Waals surface area (Å²) < 4.78 is 41.1. The van der Waals surface area contributed by atoms with Crippen molar-refractivity contribution in [1.82, 2.24) is 34.2 Å². The Morgan fingerprint density at radius 1 is 0.933 bits per heavy atom. The molecule has 1 saturated heterocycles. The van der Waals surface area contributed by atoms with Crippen molar-refractivity contribution in [3.05, 3.63) is 71.5 Å². The molecule has 240 valence electrons. The second kappa shape index (κ2) is 13.5. The van der Waals surface area contributed by atoms with Gasteiger partial charge in [-0.05, 0) is 64.6 Å². The molecule has 1 fully saturated rings. The molecule has 0 atom stereocenters. The monoisotopic (exact) mass is 622 g/mol. The van der Waals surface area contributed by atoms with Gasteiger partial charge in [-0.2, -0.15) is 13.2 Å². The van der Waals surface area contributed by atoms with Gasteiger partial charge in [0.15, 0.2) is 17.3 Å². The van der Waals surface area contributed by atoms with Crippen molar-refractivity contribution in [2.24, 2.45) is 0 Å². The first-order valence-corrected chi connectivity index (χ1v) is 15.4. The molecule has 2 aromatic heterocycles. The van der Waals surface area contributed by atoms with Gasteiger partial charge in [-0.25, -0.2) is 15.0 Å². The number of rotatable bonds is 10. The third-order valence-electron chi connectivity index (χ3n) is 8.27. The number of carbonyl (C=O) groups excluding carboxylic acids is 1. The third kappa shape index (κ3) is 7.62. The first-order valence-electron chi connectivity index (χ1n) is 15.4. The minimum atomic E-state index is -4.39. The van der Waals surface area contributed by atoms with Crippen molar-refractivity contribution < 1.29 is 18.0 Å². The maximum absolute atomic E-state index is 13.1. The molecule has 5 rings (SSSR count). The zero-order chi connectivity index (χ0) is 32.3. The number of aromatic nitrogens is 4. The summed E-state index contributed by atoms with van der Waals surface area (Å²) in [6, 6.07) is 13.2. The largest absolute Gasteiger partial charge is 0.416 e. The van der Waals surface area contributed by atoms with E-state index in [1.165, 1.54) is 12.1 Å². The minimum Gasteiger partial charge on any atom is -0.367 e. The summed E-state index contributed by atoms with van der Waals surface area (Å²) in [5, 5.41) is 3.46. The fourth-order valence-corrected chi connectivity index (χ4v) is 5.68. The Balaban J connectivity index is 1.44. The van der Waals surface area contributed by atoms with Crippen molar-refractivity contribution in [2.45, 2.75) is 52.5 Å². The summed E-state index contributed by atoms with van der Waals surface area (Å²) >= 11 is 0. The predicted molar refractivity (Wildman–Crippen MR) is 170 cm³/mol. The molecule has 0 aliphatic carbocycles. The fraction of sp³-hybridized carbons (Fsp3) is 0.455. The number of piperazine rings is 1. The van der Waals surface area contributed by atoms with E-state index in [9.17, 15) is 18.0 Å². The summed E-state index contributed by atoms with van der Waals surface area (Å²) in [4.78, 5) is 33.9. The molecule has 1 amide bonds. The van der Waals surface area contributed by atoms with Gasteiger partial charge < -0.3 is 19.7 Å². The van der Waals surface area contributed by atoms with Crippen LogP contribution >= 0.6 is 0 Å². The predicted octanol–water partition coefficient (Wildman–Crippen LogP) is 5.48. The van der Waals surface area contributed by atoms with Gasteiger partial charge in [0, 0.05) is 62.5 Å². The zero-order valence-corrected chi connectivity index (χ0v) is 26.5. The number of alkyl halides is 3. The lowest BCUT2D eigenvalue weighted by Gasteiger charge is -2.32. The van der Waals surface area contributed by atoms with E-state index in [0.29, 0.717) is 65.7 Å². The number of hydrogen-bond donors (Lipinski definition) is 1. The highest BCUT2D eigenvalue weighted by Gasteiger charge is 2.30. The van der Waals surface area contributed by atoms with Gasteiger partial charge in [0.25, 0.3) is 5.91 Å². The number of imidazole rings is 1. The first-order chi connectivity index (χ1) is 21.4. The Morgan fingerprint density at radius 2 is 1.58 bits per heavy atom. The maximum Gasteiger partial charge on any atom is 0.416 e. The van der Waals surface area contributed by atoms with Crippen molar-refractivity contribution in [3.8, 4) is 11.4 Å². The maximum atomic E-state index is 13.1. The van der Waals surface area contributed by atoms with E-state index in [1.807, 2.05) is 21.6 Å². The van der Waals surface area contributed by atoms with Crippen LogP contribution in [-0.4, -0.2) is 98.5 Å². The molecule has 1 N–H and O–H groups in total. The third-order valence-corrected chi connectivity index (χ3v) is 8.27. The second-order valence-electron chi connectivity index (χ2n) is 12.2. The average molecular weight is 623 g/mol. The molecule has 2 aromatic carbocycles.